The number of carboxylic acids is 1. The average Bonchev–Trinajstić information content (AvgIpc) is 3.46. The quantitative estimate of drug-likeness (QED) is 0.223. The minimum atomic E-state index is -1.15. The van der Waals surface area contributed by atoms with E-state index in [9.17, 15) is 14.4 Å². The lowest BCUT2D eigenvalue weighted by atomic mass is 9.97. The fourth-order valence-corrected chi connectivity index (χ4v) is 5.00. The van der Waals surface area contributed by atoms with Gasteiger partial charge in [-0.2, -0.15) is 0 Å². The van der Waals surface area contributed by atoms with Gasteiger partial charge in [0.05, 0.1) is 11.2 Å². The van der Waals surface area contributed by atoms with Gasteiger partial charge in [-0.05, 0) is 61.7 Å². The maximum atomic E-state index is 12.5. The molecule has 1 saturated heterocycles. The van der Waals surface area contributed by atoms with Crippen LogP contribution in [-0.4, -0.2) is 69.0 Å². The number of nitrogens with zero attached hydrogens (tertiary/aromatic N) is 3. The smallest absolute Gasteiger partial charge is 0.339 e. The molecule has 1 fully saturated rings. The van der Waals surface area contributed by atoms with Gasteiger partial charge in [-0.1, -0.05) is 36.4 Å². The second-order valence-corrected chi connectivity index (χ2v) is 10.2. The Labute approximate surface area is 242 Å². The average molecular weight is 572 g/mol. The Balaban J connectivity index is 0.000000199. The second-order valence-electron chi connectivity index (χ2n) is 10.2. The molecule has 2 aliphatic rings. The maximum absolute atomic E-state index is 12.5. The third kappa shape index (κ3) is 6.90. The molecule has 2 amide bonds. The van der Waals surface area contributed by atoms with E-state index in [0.717, 1.165) is 30.9 Å². The molecule has 0 unspecified atom stereocenters. The van der Waals surface area contributed by atoms with Gasteiger partial charge in [0.1, 0.15) is 23.2 Å². The summed E-state index contributed by atoms with van der Waals surface area (Å²) in [6, 6.07) is 15.9. The Morgan fingerprint density at radius 2 is 1.88 bits per heavy atom. The van der Waals surface area contributed by atoms with Crippen molar-refractivity contribution in [3.05, 3.63) is 83.4 Å². The Morgan fingerprint density at radius 3 is 2.62 bits per heavy atom. The number of benzene rings is 2. The van der Waals surface area contributed by atoms with Crippen molar-refractivity contribution < 1.29 is 24.2 Å². The van der Waals surface area contributed by atoms with Crippen molar-refractivity contribution in [1.29, 1.82) is 0 Å². The number of piperidine rings is 1. The SMILES string of the molecule is NCC1CCN(Cc2ccccc2)CC1.O=C1COc2ccc(CNC(=O)c3ncnc4c(C(=O)O)c[nH]c34)cc2N1. The number of rotatable bonds is 7. The topological polar surface area (TPSA) is 176 Å². The molecular formula is C30H33N7O5. The number of hydrogen-bond acceptors (Lipinski definition) is 8. The van der Waals surface area contributed by atoms with Crippen LogP contribution in [0.4, 0.5) is 5.69 Å². The van der Waals surface area contributed by atoms with Crippen LogP contribution < -0.4 is 21.1 Å². The number of nitrogens with two attached hydrogens (primary N) is 1. The summed E-state index contributed by atoms with van der Waals surface area (Å²) < 4.78 is 5.29. The van der Waals surface area contributed by atoms with E-state index in [1.54, 1.807) is 18.2 Å². The summed E-state index contributed by atoms with van der Waals surface area (Å²) in [6.45, 7) is 4.52. The molecule has 4 aromatic rings. The lowest BCUT2D eigenvalue weighted by Gasteiger charge is -2.31. The van der Waals surface area contributed by atoms with E-state index >= 15 is 0 Å². The number of hydrogen-bond donors (Lipinski definition) is 5. The normalized spacial score (nSPS) is 15.1. The number of H-pyrrole nitrogens is 1. The van der Waals surface area contributed by atoms with E-state index in [1.165, 1.54) is 37.7 Å². The molecule has 4 heterocycles. The Morgan fingerprint density at radius 1 is 1.10 bits per heavy atom. The highest BCUT2D eigenvalue weighted by atomic mass is 16.5. The van der Waals surface area contributed by atoms with Crippen LogP contribution in [0.15, 0.2) is 61.1 Å². The molecule has 0 aliphatic carbocycles. The number of carbonyl (C=O) groups is 3. The van der Waals surface area contributed by atoms with Crippen LogP contribution >= 0.6 is 0 Å². The number of aromatic amines is 1. The van der Waals surface area contributed by atoms with Gasteiger partial charge in [-0.25, -0.2) is 14.8 Å². The number of nitrogens with one attached hydrogen (secondary N) is 3. The van der Waals surface area contributed by atoms with Crippen molar-refractivity contribution in [2.24, 2.45) is 11.7 Å². The van der Waals surface area contributed by atoms with Crippen molar-refractivity contribution in [2.45, 2.75) is 25.9 Å². The standard InChI is InChI=1S/C17H13N5O5.C13H20N2/c23-12-6-27-11-2-1-8(3-10(11)22-12)4-19-16(24)15-14-13(20-7-21-15)9(5-18-14)17(25)26;14-10-12-6-8-15(9-7-12)11-13-4-2-1-3-5-13/h1-3,5,7,18H,4,6H2,(H,19,24)(H,22,23)(H,25,26);1-5,12H,6-11,14H2. The third-order valence-electron chi connectivity index (χ3n) is 7.33. The van der Waals surface area contributed by atoms with Crippen molar-refractivity contribution in [3.63, 3.8) is 0 Å². The lowest BCUT2D eigenvalue weighted by molar-refractivity contribution is -0.118. The highest BCUT2D eigenvalue weighted by Gasteiger charge is 2.20. The molecule has 2 aliphatic heterocycles. The molecule has 0 radical (unpaired) electrons. The van der Waals surface area contributed by atoms with Crippen molar-refractivity contribution >= 4 is 34.5 Å². The molecule has 2 aromatic carbocycles. The number of anilines is 1. The van der Waals surface area contributed by atoms with Gasteiger partial charge in [0.15, 0.2) is 12.3 Å². The van der Waals surface area contributed by atoms with Crippen LogP contribution in [0.1, 0.15) is 44.8 Å². The molecule has 6 N–H and O–H groups in total. The van der Waals surface area contributed by atoms with Crippen LogP contribution in [-0.2, 0) is 17.9 Å². The van der Waals surface area contributed by atoms with E-state index in [0.29, 0.717) is 11.4 Å². The zero-order valence-corrected chi connectivity index (χ0v) is 23.0. The molecule has 0 atom stereocenters. The summed E-state index contributed by atoms with van der Waals surface area (Å²) in [5.74, 6) is -0.552. The summed E-state index contributed by atoms with van der Waals surface area (Å²) in [4.78, 5) is 48.2. The lowest BCUT2D eigenvalue weighted by Crippen LogP contribution is -2.35. The highest BCUT2D eigenvalue weighted by molar-refractivity contribution is 6.08. The minimum absolute atomic E-state index is 0.0265. The molecule has 218 valence electrons. The zero-order valence-electron chi connectivity index (χ0n) is 23.0. The molecule has 12 heteroatoms. The summed E-state index contributed by atoms with van der Waals surface area (Å²) in [5.41, 5.74) is 8.81. The fourth-order valence-electron chi connectivity index (χ4n) is 5.00. The predicted octanol–water partition coefficient (Wildman–Crippen LogP) is 2.77. The van der Waals surface area contributed by atoms with Gasteiger partial charge in [0.25, 0.3) is 11.8 Å². The van der Waals surface area contributed by atoms with Crippen molar-refractivity contribution in [3.8, 4) is 5.75 Å². The number of likely N-dealkylation sites (tertiary alicyclic amines) is 1. The van der Waals surface area contributed by atoms with Gasteiger partial charge in [-0.15, -0.1) is 0 Å². The number of fused-ring (bicyclic) bond motifs is 2. The van der Waals surface area contributed by atoms with Gasteiger partial charge >= 0.3 is 5.97 Å². The summed E-state index contributed by atoms with van der Waals surface area (Å²) in [7, 11) is 0. The highest BCUT2D eigenvalue weighted by Crippen LogP contribution is 2.28. The van der Waals surface area contributed by atoms with Crippen LogP contribution in [0, 0.1) is 5.92 Å². The first kappa shape index (κ1) is 28.7. The van der Waals surface area contributed by atoms with Gasteiger partial charge < -0.3 is 31.2 Å². The van der Waals surface area contributed by atoms with Crippen molar-refractivity contribution in [1.82, 2.24) is 25.2 Å². The van der Waals surface area contributed by atoms with E-state index in [4.69, 9.17) is 15.6 Å². The number of carbonyl (C=O) groups excluding carboxylic acids is 2. The minimum Gasteiger partial charge on any atom is -0.482 e. The van der Waals surface area contributed by atoms with Crippen LogP contribution in [0.5, 0.6) is 5.75 Å². The van der Waals surface area contributed by atoms with E-state index in [2.05, 4.69) is 60.8 Å². The van der Waals surface area contributed by atoms with E-state index in [1.807, 2.05) is 0 Å². The number of aromatic nitrogens is 3. The zero-order chi connectivity index (χ0) is 29.5. The Hall–Kier alpha value is -4.81. The first-order valence-corrected chi connectivity index (χ1v) is 13.8. The molecule has 2 aromatic heterocycles. The molecule has 0 saturated carbocycles. The number of aromatic carboxylic acids is 1. The Bertz CT molecular complexity index is 1570. The summed E-state index contributed by atoms with van der Waals surface area (Å²) in [6.07, 6.45) is 4.95. The van der Waals surface area contributed by atoms with E-state index in [-0.39, 0.29) is 41.3 Å². The van der Waals surface area contributed by atoms with Crippen LogP contribution in [0.2, 0.25) is 0 Å². The Kier molecular flexibility index (Phi) is 9.05. The first-order valence-electron chi connectivity index (χ1n) is 13.8. The van der Waals surface area contributed by atoms with Gasteiger partial charge in [-0.3, -0.25) is 14.5 Å². The maximum Gasteiger partial charge on any atom is 0.339 e. The monoisotopic (exact) mass is 571 g/mol. The van der Waals surface area contributed by atoms with Crippen molar-refractivity contribution in [2.75, 3.05) is 31.6 Å². The van der Waals surface area contributed by atoms with Gasteiger partial charge in [0, 0.05) is 19.3 Å². The number of amides is 2. The molecule has 0 bridgehead atoms. The molecule has 6 rings (SSSR count). The molecule has 0 spiro atoms. The first-order chi connectivity index (χ1) is 20.4. The van der Waals surface area contributed by atoms with Crippen LogP contribution in [0.3, 0.4) is 0 Å². The second kappa shape index (κ2) is 13.2. The molecule has 42 heavy (non-hydrogen) atoms. The molecule has 12 nitrogen and oxygen atoms in total. The summed E-state index contributed by atoms with van der Waals surface area (Å²) in [5, 5.41) is 14.6. The fraction of sp³-hybridized carbons (Fsp3) is 0.300. The van der Waals surface area contributed by atoms with Crippen LogP contribution in [0.25, 0.3) is 11.0 Å². The third-order valence-corrected chi connectivity index (χ3v) is 7.33. The summed E-state index contributed by atoms with van der Waals surface area (Å²) >= 11 is 0. The molecular weight excluding hydrogens is 538 g/mol. The van der Waals surface area contributed by atoms with E-state index < -0.39 is 11.9 Å². The predicted molar refractivity (Wildman–Crippen MR) is 156 cm³/mol. The van der Waals surface area contributed by atoms with Gasteiger partial charge in [0.2, 0.25) is 0 Å². The number of ether oxygens (including phenoxy) is 1. The largest absolute Gasteiger partial charge is 0.482 e. The number of carboxylic acid groups (broad SMARTS) is 1.